The van der Waals surface area contributed by atoms with Gasteiger partial charge >= 0.3 is 18.0 Å². The van der Waals surface area contributed by atoms with Crippen LogP contribution < -0.4 is 30.9 Å². The number of aliphatic hydroxyl groups is 3. The molecule has 32 nitrogen and oxygen atoms in total. The molecule has 34 heteroatoms. The summed E-state index contributed by atoms with van der Waals surface area (Å²) in [6.07, 6.45) is -1.97. The Balaban J connectivity index is 0.705. The molecule has 2 saturated carbocycles. The van der Waals surface area contributed by atoms with Gasteiger partial charge in [-0.1, -0.05) is 68.9 Å². The number of nitrogens with zero attached hydrogens (tertiary/aromatic N) is 7. The van der Waals surface area contributed by atoms with Crippen LogP contribution in [0.25, 0.3) is 21.3 Å². The lowest BCUT2D eigenvalue weighted by Crippen LogP contribution is -2.61. The number of aliphatic carboxylic acids is 1. The van der Waals surface area contributed by atoms with E-state index in [0.29, 0.717) is 92.2 Å². The number of ether oxygens (including phenoxy) is 4. The maximum absolute atomic E-state index is 14.1. The maximum atomic E-state index is 14.1. The highest BCUT2D eigenvalue weighted by Crippen LogP contribution is 2.60. The van der Waals surface area contributed by atoms with E-state index in [9.17, 15) is 81.7 Å². The minimum Gasteiger partial charge on any atom is -0.479 e. The zero-order valence-electron chi connectivity index (χ0n) is 59.6. The summed E-state index contributed by atoms with van der Waals surface area (Å²) in [7, 11) is -3.55. The second-order valence-corrected chi connectivity index (χ2v) is 31.5. The summed E-state index contributed by atoms with van der Waals surface area (Å²) in [5.74, 6) is -6.91. The minimum atomic E-state index is -4.93. The van der Waals surface area contributed by atoms with Crippen LogP contribution in [0.4, 0.5) is 21.4 Å². The van der Waals surface area contributed by atoms with Gasteiger partial charge in [0.15, 0.2) is 16.9 Å². The Hall–Kier alpha value is -9.81. The van der Waals surface area contributed by atoms with Crippen LogP contribution in [0.1, 0.15) is 128 Å². The number of unbranched alkanes of at least 4 members (excludes halogenated alkanes) is 2. The average Bonchev–Trinajstić information content (AvgIpc) is 1.73. The lowest BCUT2D eigenvalue weighted by molar-refractivity contribution is -0.271. The van der Waals surface area contributed by atoms with Crippen molar-refractivity contribution in [3.05, 3.63) is 125 Å². The van der Waals surface area contributed by atoms with Crippen LogP contribution in [-0.2, 0) is 79.2 Å². The molecule has 6 aromatic rings. The Morgan fingerprint density at radius 1 is 0.850 bits per heavy atom. The fraction of sp³-hybridized carbons (Fsp3) is 0.479. The van der Waals surface area contributed by atoms with Gasteiger partial charge in [0.1, 0.15) is 48.3 Å². The summed E-state index contributed by atoms with van der Waals surface area (Å²) in [6.45, 7) is 9.08. The first-order valence-corrected chi connectivity index (χ1v) is 37.6. The molecule has 7 amide bonds. The number of carbonyl (C=O) groups is 9. The molecule has 4 unspecified atom stereocenters. The first-order valence-electron chi connectivity index (χ1n) is 35.1. The number of pyridine rings is 1. The molecule has 10 N–H and O–H groups in total. The van der Waals surface area contributed by atoms with Crippen LogP contribution in [0.3, 0.4) is 0 Å². The molecule has 3 fully saturated rings. The summed E-state index contributed by atoms with van der Waals surface area (Å²) >= 11 is 1.38. The summed E-state index contributed by atoms with van der Waals surface area (Å²) in [4.78, 5) is 130. The smallest absolute Gasteiger partial charge is 0.408 e. The van der Waals surface area contributed by atoms with Gasteiger partial charge in [-0.05, 0) is 134 Å². The zero-order valence-corrected chi connectivity index (χ0v) is 61.2. The van der Waals surface area contributed by atoms with E-state index in [4.69, 9.17) is 29.0 Å². The third-order valence-electron chi connectivity index (χ3n) is 20.1. The molecule has 0 spiro atoms. The van der Waals surface area contributed by atoms with Crippen LogP contribution >= 0.6 is 11.3 Å². The molecule has 3 aliphatic heterocycles. The number of aliphatic hydroxyl groups excluding tert-OH is 3. The fourth-order valence-electron chi connectivity index (χ4n) is 15.8. The zero-order chi connectivity index (χ0) is 76.9. The van der Waals surface area contributed by atoms with E-state index in [1.165, 1.54) is 48.7 Å². The fourth-order valence-corrected chi connectivity index (χ4v) is 17.3. The summed E-state index contributed by atoms with van der Waals surface area (Å²) in [5, 5.41) is 67.5. The van der Waals surface area contributed by atoms with Gasteiger partial charge in [-0.3, -0.25) is 48.2 Å². The highest BCUT2D eigenvalue weighted by Gasteiger charge is 2.56. The van der Waals surface area contributed by atoms with Gasteiger partial charge in [-0.2, -0.15) is 13.5 Å². The SMILES string of the molecule is Cc1c(-c2ccc(N3CCc4cccc(C(=O)Nc5nc6ccccc6s5)c4C3)nc2C(=O)O)cnn1CC1(C)CC2(C)CC(C)CC(OCCN(C)C(=O)[C@H](CS(=O)(=O)O)NC(=O)OCc3ccc(O[C@@H]4O[C@H](C(=O)O)[C@@H](O)[C@H](O)[C@H]4O)c(NC(=O)CCNC(=O)CCCCCN4C(=O)C=CC4=O)c3)(C2)C1. The minimum absolute atomic E-state index is 0.0159. The molecule has 1 saturated heterocycles. The van der Waals surface area contributed by atoms with Crippen LogP contribution in [-0.4, -0.2) is 209 Å². The highest BCUT2D eigenvalue weighted by molar-refractivity contribution is 7.85. The number of rotatable bonds is 30. The molecule has 10 atom stereocenters. The highest BCUT2D eigenvalue weighted by atomic mass is 32.2. The third kappa shape index (κ3) is 19.0. The van der Waals surface area contributed by atoms with Crippen molar-refractivity contribution in [1.82, 2.24) is 40.2 Å². The van der Waals surface area contributed by atoms with Gasteiger partial charge in [0.05, 0.1) is 34.3 Å². The molecule has 3 aromatic carbocycles. The van der Waals surface area contributed by atoms with E-state index < -0.39 is 118 Å². The molecule has 572 valence electrons. The Morgan fingerprint density at radius 2 is 1.62 bits per heavy atom. The number of imide groups is 1. The van der Waals surface area contributed by atoms with Gasteiger partial charge in [-0.25, -0.2) is 24.4 Å². The van der Waals surface area contributed by atoms with E-state index >= 15 is 0 Å². The van der Waals surface area contributed by atoms with E-state index in [1.807, 2.05) is 52.9 Å². The molecule has 0 radical (unpaired) electrons. The number of fused-ring (bicyclic) bond motifs is 4. The first-order chi connectivity index (χ1) is 50.7. The van der Waals surface area contributed by atoms with Gasteiger partial charge in [0, 0.05) is 93.7 Å². The van der Waals surface area contributed by atoms with Crippen molar-refractivity contribution >= 4 is 102 Å². The number of aromatic nitrogens is 4. The topological polar surface area (TPSA) is 448 Å². The van der Waals surface area contributed by atoms with E-state index in [-0.39, 0.29) is 79.0 Å². The molecule has 3 aromatic heterocycles. The number of aromatic carboxylic acids is 1. The predicted molar refractivity (Wildman–Crippen MR) is 386 cm³/mol. The number of alkyl carbamates (subject to hydrolysis) is 1. The van der Waals surface area contributed by atoms with Crippen LogP contribution in [0.15, 0.2) is 91.1 Å². The second kappa shape index (κ2) is 32.7. The van der Waals surface area contributed by atoms with Crippen LogP contribution in [0.5, 0.6) is 5.75 Å². The molecule has 2 aliphatic carbocycles. The van der Waals surface area contributed by atoms with Gasteiger partial charge in [0.2, 0.25) is 24.0 Å². The lowest BCUT2D eigenvalue weighted by atomic mass is 9.51. The summed E-state index contributed by atoms with van der Waals surface area (Å²) in [6, 6.07) is 18.6. The largest absolute Gasteiger partial charge is 0.479 e. The van der Waals surface area contributed by atoms with Crippen LogP contribution in [0, 0.1) is 23.7 Å². The number of anilines is 3. The number of carboxylic acid groups (broad SMARTS) is 2. The standard InChI is InChI=1S/C73H87N11O21S2/c1-41-31-71(3)37-72(4,40-84-42(2)47(33-75-84)45-18-20-54(79-59(45)66(94)95)82-27-24-44-12-11-13-46(48(44)34-82)64(92)80-69-77-49-14-8-9-15-53(49)106-69)39-73(32-41,38-71)103-29-28-81(5)65(93)51(36-107(99,100)101)78-70(98)102-35-43-17-19-52(104-68-62(91)60(89)61(90)63(105-68)67(96)97)50(30-43)76-56(86)23-25-74-55(85)16-7-6-10-26-83-57(87)21-22-58(83)88/h8-9,11-15,17-22,30,33,41,51,60-63,68,89-91H,6-7,10,16,23-29,31-32,34-40H2,1-5H3,(H,74,85)(H,76,86)(H,78,98)(H,94,95)(H,96,97)(H,77,80,92)(H,99,100,101)/t41?,51-,60-,61-,62+,63-,68+,71?,72?,73?/m0/s1. The van der Waals surface area contributed by atoms with Gasteiger partial charge < -0.3 is 70.2 Å². The summed E-state index contributed by atoms with van der Waals surface area (Å²) in [5.41, 5.74) is 3.26. The number of likely N-dealkylation sites (N-methyl/N-ethyl adjacent to an activating group) is 1. The summed E-state index contributed by atoms with van der Waals surface area (Å²) < 4.78 is 61.0. The van der Waals surface area contributed by atoms with Crippen molar-refractivity contribution in [1.29, 1.82) is 0 Å². The Morgan fingerprint density at radius 3 is 2.36 bits per heavy atom. The molecule has 5 aliphatic rings. The number of hydrogen-bond donors (Lipinski definition) is 10. The Labute approximate surface area is 619 Å². The molecule has 2 bridgehead atoms. The number of para-hydroxylation sites is 1. The number of benzene rings is 3. The Kier molecular flexibility index (Phi) is 23.9. The number of carbonyl (C=O) groups excluding carboxylic acids is 7. The Bertz CT molecular complexity index is 4520. The molecule has 107 heavy (non-hydrogen) atoms. The van der Waals surface area contributed by atoms with Crippen molar-refractivity contribution in [3.8, 4) is 16.9 Å². The van der Waals surface area contributed by atoms with Gasteiger partial charge in [-0.15, -0.1) is 0 Å². The third-order valence-corrected chi connectivity index (χ3v) is 21.8. The molecular weight excluding hydrogens is 1430 g/mol. The monoisotopic (exact) mass is 1520 g/mol. The molecular formula is C73H87N11O21S2. The van der Waals surface area contributed by atoms with E-state index in [2.05, 4.69) is 47.0 Å². The van der Waals surface area contributed by atoms with E-state index in [1.54, 1.807) is 24.4 Å². The van der Waals surface area contributed by atoms with Crippen LogP contribution in [0.2, 0.25) is 0 Å². The van der Waals surface area contributed by atoms with Crippen molar-refractivity contribution in [3.63, 3.8) is 0 Å². The normalized spacial score (nSPS) is 23.6. The predicted octanol–water partition coefficient (Wildman–Crippen LogP) is 5.60. The van der Waals surface area contributed by atoms with Crippen molar-refractivity contribution < 1.29 is 101 Å². The van der Waals surface area contributed by atoms with Crippen molar-refractivity contribution in [2.75, 3.05) is 61.1 Å². The van der Waals surface area contributed by atoms with Crippen molar-refractivity contribution in [2.24, 2.45) is 16.7 Å². The second-order valence-electron chi connectivity index (χ2n) is 29.0. The first kappa shape index (κ1) is 78.3. The average molecular weight is 1520 g/mol. The number of carboxylic acids is 2. The van der Waals surface area contributed by atoms with Gasteiger partial charge in [0.25, 0.3) is 27.8 Å². The maximum Gasteiger partial charge on any atom is 0.408 e. The lowest BCUT2D eigenvalue weighted by Gasteiger charge is -2.58. The number of thiazole rings is 1. The number of hydrogen-bond acceptors (Lipinski definition) is 23. The quantitative estimate of drug-likeness (QED) is 0.0149. The number of amides is 7. The van der Waals surface area contributed by atoms with E-state index in [0.717, 1.165) is 49.7 Å². The molecule has 6 heterocycles. The van der Waals surface area contributed by atoms with Crippen molar-refractivity contribution in [2.45, 2.75) is 160 Å². The number of nitrogens with one attached hydrogen (secondary N) is 4. The molecule has 11 rings (SSSR count).